The van der Waals surface area contributed by atoms with Crippen LogP contribution in [0.3, 0.4) is 0 Å². The number of ether oxygens (including phenoxy) is 2. The maximum Gasteiger partial charge on any atom is 0.231 e. The van der Waals surface area contributed by atoms with Crippen molar-refractivity contribution in [3.8, 4) is 23.0 Å². The average molecular weight is 359 g/mol. The molecule has 1 atom stereocenters. The number of hydrogen-bond acceptors (Lipinski definition) is 5. The summed E-state index contributed by atoms with van der Waals surface area (Å²) in [5.74, 6) is 1.72. The molecule has 0 aliphatic carbocycles. The van der Waals surface area contributed by atoms with Crippen LogP contribution in [0.25, 0.3) is 22.6 Å². The number of hydrogen-bond donors (Lipinski definition) is 0. The van der Waals surface area contributed by atoms with Crippen molar-refractivity contribution in [2.75, 3.05) is 13.2 Å². The first-order valence-corrected chi connectivity index (χ1v) is 9.70. The number of aryl methyl sites for hydroxylation is 1. The molecule has 0 N–H and O–H groups in total. The van der Waals surface area contributed by atoms with Gasteiger partial charge in [-0.05, 0) is 38.5 Å². The van der Waals surface area contributed by atoms with Crippen LogP contribution in [-0.2, 0) is 10.7 Å². The van der Waals surface area contributed by atoms with Crippen LogP contribution in [0.5, 0.6) is 11.5 Å². The molecule has 3 rings (SSSR count). The fraction of sp³-hybridized carbons (Fsp3) is 0.316. The van der Waals surface area contributed by atoms with Gasteiger partial charge in [0.25, 0.3) is 0 Å². The summed E-state index contributed by atoms with van der Waals surface area (Å²) in [7, 11) is -0.907. The van der Waals surface area contributed by atoms with Gasteiger partial charge in [-0.2, -0.15) is 0 Å². The Kier molecular flexibility index (Phi) is 5.44. The first-order chi connectivity index (χ1) is 12.2. The summed E-state index contributed by atoms with van der Waals surface area (Å²) in [5, 5.41) is 0. The Hall–Kier alpha value is -2.26. The number of benzene rings is 2. The Morgan fingerprint density at radius 1 is 1.08 bits per heavy atom. The van der Waals surface area contributed by atoms with Crippen LogP contribution in [0, 0.1) is 6.92 Å². The second kappa shape index (κ2) is 7.75. The number of fused-ring (bicyclic) bond motifs is 1. The fourth-order valence-corrected chi connectivity index (χ4v) is 3.32. The molecule has 25 heavy (non-hydrogen) atoms. The van der Waals surface area contributed by atoms with Crippen LogP contribution in [0.15, 0.2) is 34.7 Å². The zero-order chi connectivity index (χ0) is 17.8. The van der Waals surface area contributed by atoms with Gasteiger partial charge in [-0.15, -0.1) is 0 Å². The van der Waals surface area contributed by atoms with E-state index in [0.29, 0.717) is 36.8 Å². The zero-order valence-corrected chi connectivity index (χ0v) is 15.8. The molecule has 6 heteroatoms. The largest absolute Gasteiger partial charge is 0.490 e. The number of rotatable bonds is 7. The molecule has 1 heterocycles. The molecule has 0 bridgehead atoms. The molecule has 0 saturated heterocycles. The van der Waals surface area contributed by atoms with E-state index in [1.54, 1.807) is 0 Å². The van der Waals surface area contributed by atoms with Crippen LogP contribution < -0.4 is 9.47 Å². The van der Waals surface area contributed by atoms with Gasteiger partial charge in [-0.1, -0.05) is 18.2 Å². The molecule has 0 fully saturated rings. The van der Waals surface area contributed by atoms with Crippen molar-refractivity contribution in [2.24, 2.45) is 0 Å². The molecule has 2 aromatic carbocycles. The van der Waals surface area contributed by atoms with Gasteiger partial charge < -0.3 is 18.5 Å². The number of aromatic nitrogens is 1. The van der Waals surface area contributed by atoms with E-state index in [0.717, 1.165) is 27.8 Å². The zero-order valence-electron chi connectivity index (χ0n) is 14.7. The third-order valence-corrected chi connectivity index (χ3v) is 4.53. The lowest BCUT2D eigenvalue weighted by atomic mass is 10.1. The minimum absolute atomic E-state index is 0.475. The van der Waals surface area contributed by atoms with Crippen LogP contribution in [0.1, 0.15) is 25.0 Å². The summed E-state index contributed by atoms with van der Waals surface area (Å²) < 4.78 is 28.8. The maximum atomic E-state index is 11.2. The lowest BCUT2D eigenvalue weighted by molar-refractivity contribution is 0.286. The summed E-state index contributed by atoms with van der Waals surface area (Å²) in [5.41, 5.74) is 4.26. The van der Waals surface area contributed by atoms with E-state index < -0.39 is 8.46 Å². The molecule has 3 aromatic rings. The second-order valence-electron chi connectivity index (χ2n) is 5.61. The second-order valence-corrected chi connectivity index (χ2v) is 6.35. The summed E-state index contributed by atoms with van der Waals surface area (Å²) >= 11 is 0. The fourth-order valence-electron chi connectivity index (χ4n) is 2.81. The van der Waals surface area contributed by atoms with Gasteiger partial charge in [0.1, 0.15) is 5.52 Å². The molecule has 0 spiro atoms. The topological polar surface area (TPSA) is 61.6 Å². The predicted molar refractivity (Wildman–Crippen MR) is 101 cm³/mol. The quantitative estimate of drug-likeness (QED) is 0.564. The number of nitrogens with zero attached hydrogens (tertiary/aromatic N) is 1. The van der Waals surface area contributed by atoms with Gasteiger partial charge in [-0.3, -0.25) is 0 Å². The van der Waals surface area contributed by atoms with Gasteiger partial charge in [0.05, 0.1) is 27.2 Å². The highest BCUT2D eigenvalue weighted by Gasteiger charge is 2.21. The van der Waals surface area contributed by atoms with Gasteiger partial charge >= 0.3 is 0 Å². The van der Waals surface area contributed by atoms with E-state index in [4.69, 9.17) is 13.9 Å². The Balaban J connectivity index is 2.20. The number of para-hydroxylation sites is 1. The molecule has 0 aliphatic rings. The van der Waals surface area contributed by atoms with E-state index in [2.05, 4.69) is 4.98 Å². The molecular weight excluding hydrogens is 337 g/mol. The van der Waals surface area contributed by atoms with Crippen molar-refractivity contribution in [1.29, 1.82) is 0 Å². The molecule has 0 radical (unpaired) electrons. The monoisotopic (exact) mass is 359 g/mol. The summed E-state index contributed by atoms with van der Waals surface area (Å²) in [6, 6.07) is 9.66. The van der Waals surface area contributed by atoms with Gasteiger partial charge in [0.2, 0.25) is 5.89 Å². The van der Waals surface area contributed by atoms with Gasteiger partial charge in [-0.25, -0.2) is 4.98 Å². The average Bonchev–Trinajstić information content (AvgIpc) is 3.03. The Morgan fingerprint density at radius 2 is 1.84 bits per heavy atom. The highest BCUT2D eigenvalue weighted by atomic mass is 31.1. The minimum atomic E-state index is -0.907. The molecule has 1 unspecified atom stereocenters. The lowest BCUT2D eigenvalue weighted by Gasteiger charge is -2.16. The third-order valence-electron chi connectivity index (χ3n) is 3.93. The third kappa shape index (κ3) is 3.42. The molecule has 1 aromatic heterocycles. The van der Waals surface area contributed by atoms with E-state index in [9.17, 15) is 4.57 Å². The maximum absolute atomic E-state index is 11.2. The van der Waals surface area contributed by atoms with E-state index in [-0.39, 0.29) is 0 Å². The molecule has 0 saturated carbocycles. The van der Waals surface area contributed by atoms with E-state index in [1.807, 2.05) is 51.1 Å². The van der Waals surface area contributed by atoms with Crippen molar-refractivity contribution in [3.63, 3.8) is 0 Å². The van der Waals surface area contributed by atoms with E-state index >= 15 is 0 Å². The highest BCUT2D eigenvalue weighted by molar-refractivity contribution is 7.22. The molecule has 132 valence electrons. The van der Waals surface area contributed by atoms with Gasteiger partial charge in [0.15, 0.2) is 17.1 Å². The van der Waals surface area contributed by atoms with Crippen LogP contribution in [0.4, 0.5) is 0 Å². The van der Waals surface area contributed by atoms with Crippen molar-refractivity contribution < 1.29 is 18.5 Å². The van der Waals surface area contributed by atoms with Gasteiger partial charge in [0, 0.05) is 11.7 Å². The van der Waals surface area contributed by atoms with Crippen molar-refractivity contribution >= 4 is 19.6 Å². The van der Waals surface area contributed by atoms with Crippen molar-refractivity contribution in [3.05, 3.63) is 41.5 Å². The van der Waals surface area contributed by atoms with E-state index in [1.165, 1.54) is 0 Å². The lowest BCUT2D eigenvalue weighted by Crippen LogP contribution is -2.03. The van der Waals surface area contributed by atoms with Crippen LogP contribution in [-0.4, -0.2) is 18.2 Å². The summed E-state index contributed by atoms with van der Waals surface area (Å²) in [6.45, 7) is 6.82. The molecule has 0 amide bonds. The number of oxazole rings is 1. The van der Waals surface area contributed by atoms with Crippen LogP contribution in [0.2, 0.25) is 0 Å². The Morgan fingerprint density at radius 3 is 2.52 bits per heavy atom. The smallest absolute Gasteiger partial charge is 0.231 e. The Bertz CT molecular complexity index is 904. The normalized spacial score (nSPS) is 11.5. The molecule has 0 aliphatic heterocycles. The standard InChI is InChI=1S/C19H22NO4P/c1-4-22-17-13(11-25-21)9-10-14(18(17)23-5-2)19-20-16-12(3)7-6-8-15(16)24-19/h6-10H,4-5,11,25H2,1-3H3. The Labute approximate surface area is 148 Å². The molecule has 5 nitrogen and oxygen atoms in total. The van der Waals surface area contributed by atoms with Crippen molar-refractivity contribution in [2.45, 2.75) is 26.9 Å². The predicted octanol–water partition coefficient (Wildman–Crippen LogP) is 4.86. The first-order valence-electron chi connectivity index (χ1n) is 8.41. The molecular formula is C19H22NO4P. The summed E-state index contributed by atoms with van der Waals surface area (Å²) in [6.07, 6.45) is 0.475. The SMILES string of the molecule is CCOc1c(C[PH2]=O)ccc(-c2nc3c(C)cccc3o2)c1OCC. The first kappa shape index (κ1) is 17.6. The van der Waals surface area contributed by atoms with Crippen molar-refractivity contribution in [1.82, 2.24) is 4.98 Å². The van der Waals surface area contributed by atoms with Crippen LogP contribution >= 0.6 is 8.46 Å². The minimum Gasteiger partial charge on any atom is -0.490 e. The summed E-state index contributed by atoms with van der Waals surface area (Å²) in [4.78, 5) is 4.64. The highest BCUT2D eigenvalue weighted by Crippen LogP contribution is 2.42.